The van der Waals surface area contributed by atoms with Crippen LogP contribution in [-0.4, -0.2) is 44.3 Å². The molecule has 3 unspecified atom stereocenters. The summed E-state index contributed by atoms with van der Waals surface area (Å²) in [5.74, 6) is -1.33. The number of para-hydroxylation sites is 1. The fourth-order valence-electron chi connectivity index (χ4n) is 4.95. The number of rotatable bonds is 5. The molecule has 1 aliphatic heterocycles. The standard InChI is InChI=1S/C24H21F3N4O5/c25-24(26,27)15-9-7-13(8-10-15)17-11-30(23(32)33)12-18(22-28-21(29-36-22)14-5-6-14)20(17)16-3-1-2-4-19(16)31(34)35/h1-4,7-10,14,17-18,20H,5-6,11-12H2,(H,32,33). The van der Waals surface area contributed by atoms with Crippen molar-refractivity contribution in [3.63, 3.8) is 0 Å². The molecule has 2 aromatic carbocycles. The summed E-state index contributed by atoms with van der Waals surface area (Å²) in [5.41, 5.74) is -0.269. The van der Waals surface area contributed by atoms with E-state index in [1.165, 1.54) is 24.3 Å². The van der Waals surface area contributed by atoms with Crippen LogP contribution in [0, 0.1) is 10.1 Å². The highest BCUT2D eigenvalue weighted by Gasteiger charge is 2.46. The van der Waals surface area contributed by atoms with E-state index in [2.05, 4.69) is 10.1 Å². The van der Waals surface area contributed by atoms with Crippen LogP contribution in [0.1, 0.15) is 64.9 Å². The van der Waals surface area contributed by atoms with Crippen LogP contribution in [0.2, 0.25) is 0 Å². The Morgan fingerprint density at radius 2 is 1.75 bits per heavy atom. The van der Waals surface area contributed by atoms with Crippen molar-refractivity contribution in [3.8, 4) is 0 Å². The highest BCUT2D eigenvalue weighted by Crippen LogP contribution is 2.50. The fourth-order valence-corrected chi connectivity index (χ4v) is 4.95. The number of benzene rings is 2. The zero-order chi connectivity index (χ0) is 25.6. The van der Waals surface area contributed by atoms with Crippen LogP contribution in [0.25, 0.3) is 0 Å². The van der Waals surface area contributed by atoms with E-state index in [4.69, 9.17) is 4.52 Å². The number of carboxylic acid groups (broad SMARTS) is 1. The molecule has 3 atom stereocenters. The maximum absolute atomic E-state index is 13.2. The number of amides is 1. The predicted octanol–water partition coefficient (Wildman–Crippen LogP) is 5.52. The summed E-state index contributed by atoms with van der Waals surface area (Å²) in [4.78, 5) is 29.1. The molecular formula is C24H21F3N4O5. The van der Waals surface area contributed by atoms with Gasteiger partial charge in [-0.15, -0.1) is 0 Å². The second-order valence-electron chi connectivity index (χ2n) is 9.13. The first-order valence-corrected chi connectivity index (χ1v) is 11.4. The molecule has 9 nitrogen and oxygen atoms in total. The summed E-state index contributed by atoms with van der Waals surface area (Å²) in [6.45, 7) is -0.132. The van der Waals surface area contributed by atoms with Gasteiger partial charge in [0, 0.05) is 42.5 Å². The largest absolute Gasteiger partial charge is 0.465 e. The Kier molecular flexibility index (Phi) is 5.89. The third-order valence-electron chi connectivity index (χ3n) is 6.85. The second-order valence-corrected chi connectivity index (χ2v) is 9.13. The Morgan fingerprint density at radius 3 is 2.36 bits per heavy atom. The molecule has 1 saturated heterocycles. The van der Waals surface area contributed by atoms with E-state index in [9.17, 15) is 33.2 Å². The second kappa shape index (κ2) is 8.92. The van der Waals surface area contributed by atoms with Gasteiger partial charge in [-0.1, -0.05) is 35.5 Å². The van der Waals surface area contributed by atoms with E-state index in [1.807, 2.05) is 0 Å². The Morgan fingerprint density at radius 1 is 1.08 bits per heavy atom. The van der Waals surface area contributed by atoms with E-state index < -0.39 is 40.5 Å². The van der Waals surface area contributed by atoms with Crippen molar-refractivity contribution >= 4 is 11.8 Å². The van der Waals surface area contributed by atoms with Crippen LogP contribution >= 0.6 is 0 Å². The first-order chi connectivity index (χ1) is 17.1. The SMILES string of the molecule is O=C(O)N1CC(c2ccc(C(F)(F)F)cc2)C(c2ccccc2[N+](=O)[O-])C(c2nc(C3CC3)no2)C1. The molecule has 2 heterocycles. The van der Waals surface area contributed by atoms with Crippen LogP contribution < -0.4 is 0 Å². The van der Waals surface area contributed by atoms with Crippen molar-refractivity contribution in [2.24, 2.45) is 0 Å². The molecule has 0 radical (unpaired) electrons. The normalized spacial score (nSPS) is 22.4. The van der Waals surface area contributed by atoms with E-state index in [0.29, 0.717) is 17.0 Å². The van der Waals surface area contributed by atoms with Gasteiger partial charge in [0.2, 0.25) is 5.89 Å². The van der Waals surface area contributed by atoms with Crippen molar-refractivity contribution in [2.75, 3.05) is 13.1 Å². The third-order valence-corrected chi connectivity index (χ3v) is 6.85. The lowest BCUT2D eigenvalue weighted by Crippen LogP contribution is -2.45. The third kappa shape index (κ3) is 4.50. The van der Waals surface area contributed by atoms with Gasteiger partial charge in [0.25, 0.3) is 5.69 Å². The maximum atomic E-state index is 13.2. The first-order valence-electron chi connectivity index (χ1n) is 11.4. The lowest BCUT2D eigenvalue weighted by Gasteiger charge is -2.41. The zero-order valence-electron chi connectivity index (χ0n) is 18.8. The molecule has 2 aliphatic rings. The minimum absolute atomic E-state index is 0.0600. The number of aromatic nitrogens is 2. The molecule has 3 aromatic rings. The minimum Gasteiger partial charge on any atom is -0.465 e. The number of piperidine rings is 1. The van der Waals surface area contributed by atoms with Gasteiger partial charge in [0.15, 0.2) is 5.82 Å². The average Bonchev–Trinajstić information content (AvgIpc) is 3.59. The van der Waals surface area contributed by atoms with Crippen molar-refractivity contribution < 1.29 is 32.5 Å². The summed E-state index contributed by atoms with van der Waals surface area (Å²) in [6, 6.07) is 10.5. The molecule has 1 saturated carbocycles. The summed E-state index contributed by atoms with van der Waals surface area (Å²) in [5, 5.41) is 25.8. The zero-order valence-corrected chi connectivity index (χ0v) is 18.8. The maximum Gasteiger partial charge on any atom is 0.416 e. The Bertz CT molecular complexity index is 1290. The number of hydrogen-bond acceptors (Lipinski definition) is 6. The van der Waals surface area contributed by atoms with Gasteiger partial charge in [-0.05, 0) is 30.5 Å². The van der Waals surface area contributed by atoms with Gasteiger partial charge in [-0.25, -0.2) is 4.79 Å². The topological polar surface area (TPSA) is 123 Å². The van der Waals surface area contributed by atoms with Crippen molar-refractivity contribution in [1.82, 2.24) is 15.0 Å². The van der Waals surface area contributed by atoms with Crippen molar-refractivity contribution in [3.05, 3.63) is 87.1 Å². The van der Waals surface area contributed by atoms with Gasteiger partial charge in [-0.2, -0.15) is 18.2 Å². The minimum atomic E-state index is -4.54. The Hall–Kier alpha value is -3.96. The quantitative estimate of drug-likeness (QED) is 0.360. The lowest BCUT2D eigenvalue weighted by molar-refractivity contribution is -0.385. The number of likely N-dealkylation sites (tertiary alicyclic amines) is 1. The number of hydrogen-bond donors (Lipinski definition) is 1. The van der Waals surface area contributed by atoms with E-state index in [0.717, 1.165) is 29.9 Å². The van der Waals surface area contributed by atoms with Crippen LogP contribution in [0.3, 0.4) is 0 Å². The van der Waals surface area contributed by atoms with Gasteiger partial charge >= 0.3 is 12.3 Å². The molecule has 1 amide bonds. The molecule has 12 heteroatoms. The smallest absolute Gasteiger partial charge is 0.416 e. The lowest BCUT2D eigenvalue weighted by atomic mass is 9.70. The molecule has 1 N–H and O–H groups in total. The van der Waals surface area contributed by atoms with Crippen molar-refractivity contribution in [1.29, 1.82) is 0 Å². The molecule has 0 spiro atoms. The number of nitro benzene ring substituents is 1. The highest BCUT2D eigenvalue weighted by molar-refractivity contribution is 5.66. The fraction of sp³-hybridized carbons (Fsp3) is 0.375. The molecule has 1 aliphatic carbocycles. The molecule has 2 fully saturated rings. The molecule has 1 aromatic heterocycles. The number of halogens is 3. The highest BCUT2D eigenvalue weighted by atomic mass is 19.4. The Labute approximate surface area is 202 Å². The van der Waals surface area contributed by atoms with Crippen LogP contribution in [-0.2, 0) is 6.18 Å². The predicted molar refractivity (Wildman–Crippen MR) is 119 cm³/mol. The van der Waals surface area contributed by atoms with Crippen LogP contribution in [0.4, 0.5) is 23.7 Å². The van der Waals surface area contributed by atoms with E-state index in [-0.39, 0.29) is 30.6 Å². The summed E-state index contributed by atoms with van der Waals surface area (Å²) in [6.07, 6.45) is -3.94. The summed E-state index contributed by atoms with van der Waals surface area (Å²) in [7, 11) is 0. The van der Waals surface area contributed by atoms with Crippen molar-refractivity contribution in [2.45, 2.75) is 42.7 Å². The van der Waals surface area contributed by atoms with Gasteiger partial charge in [0.1, 0.15) is 0 Å². The number of carbonyl (C=O) groups is 1. The Balaban J connectivity index is 1.65. The number of nitro groups is 1. The molecule has 188 valence electrons. The molecule has 5 rings (SSSR count). The molecular weight excluding hydrogens is 481 g/mol. The average molecular weight is 502 g/mol. The van der Waals surface area contributed by atoms with Crippen LogP contribution in [0.15, 0.2) is 53.1 Å². The molecule has 0 bridgehead atoms. The number of nitrogens with zero attached hydrogens (tertiary/aromatic N) is 4. The van der Waals surface area contributed by atoms with Crippen LogP contribution in [0.5, 0.6) is 0 Å². The first kappa shape index (κ1) is 23.8. The summed E-state index contributed by atoms with van der Waals surface area (Å²) >= 11 is 0. The van der Waals surface area contributed by atoms with Gasteiger partial charge < -0.3 is 14.5 Å². The van der Waals surface area contributed by atoms with E-state index >= 15 is 0 Å². The summed E-state index contributed by atoms with van der Waals surface area (Å²) < 4.78 is 45.1. The van der Waals surface area contributed by atoms with Gasteiger partial charge in [0.05, 0.1) is 16.4 Å². The van der Waals surface area contributed by atoms with Gasteiger partial charge in [-0.3, -0.25) is 10.1 Å². The molecule has 36 heavy (non-hydrogen) atoms. The number of alkyl halides is 3. The van der Waals surface area contributed by atoms with E-state index in [1.54, 1.807) is 12.1 Å². The monoisotopic (exact) mass is 502 g/mol.